The van der Waals surface area contributed by atoms with Crippen LogP contribution in [0.2, 0.25) is 5.02 Å². The van der Waals surface area contributed by atoms with E-state index in [9.17, 15) is 5.26 Å². The van der Waals surface area contributed by atoms with Gasteiger partial charge < -0.3 is 0 Å². The van der Waals surface area contributed by atoms with Crippen LogP contribution in [-0.4, -0.2) is 0 Å². The molecule has 0 N–H and O–H groups in total. The van der Waals surface area contributed by atoms with E-state index < -0.39 is 0 Å². The van der Waals surface area contributed by atoms with Gasteiger partial charge in [0.15, 0.2) is 0 Å². The van der Waals surface area contributed by atoms with E-state index in [1.807, 2.05) is 54.6 Å². The summed E-state index contributed by atoms with van der Waals surface area (Å²) in [5.74, 6) is -0.116. The molecular formula is C15H12ClN. The SMILES string of the molecule is N#CC(Cc1cccc(Cl)c1)c1ccccc1. The van der Waals surface area contributed by atoms with Crippen molar-refractivity contribution in [3.63, 3.8) is 0 Å². The Labute approximate surface area is 106 Å². The van der Waals surface area contributed by atoms with Gasteiger partial charge in [-0.2, -0.15) is 5.26 Å². The highest BCUT2D eigenvalue weighted by molar-refractivity contribution is 6.30. The van der Waals surface area contributed by atoms with Gasteiger partial charge in [-0.1, -0.05) is 54.1 Å². The molecule has 0 spiro atoms. The van der Waals surface area contributed by atoms with Crippen molar-refractivity contribution in [2.75, 3.05) is 0 Å². The molecule has 0 amide bonds. The van der Waals surface area contributed by atoms with Crippen molar-refractivity contribution in [1.29, 1.82) is 5.26 Å². The Morgan fingerprint density at radius 1 is 1.06 bits per heavy atom. The standard InChI is InChI=1S/C15H12ClN/c16-15-8-4-5-12(10-15)9-14(11-17)13-6-2-1-3-7-13/h1-8,10,14H,9H2. The first-order chi connectivity index (χ1) is 8.29. The first-order valence-corrected chi connectivity index (χ1v) is 5.86. The van der Waals surface area contributed by atoms with Crippen LogP contribution in [0.15, 0.2) is 54.6 Å². The molecule has 0 radical (unpaired) electrons. The van der Waals surface area contributed by atoms with Gasteiger partial charge in [-0.05, 0) is 29.7 Å². The van der Waals surface area contributed by atoms with Crippen LogP contribution in [-0.2, 0) is 6.42 Å². The Kier molecular flexibility index (Phi) is 3.80. The van der Waals surface area contributed by atoms with Crippen LogP contribution in [0.1, 0.15) is 17.0 Å². The molecule has 1 nitrogen and oxygen atoms in total. The average molecular weight is 242 g/mol. The summed E-state index contributed by atoms with van der Waals surface area (Å²) in [6, 6.07) is 19.8. The second kappa shape index (κ2) is 5.52. The number of hydrogen-bond acceptors (Lipinski definition) is 1. The van der Waals surface area contributed by atoms with Crippen molar-refractivity contribution in [1.82, 2.24) is 0 Å². The van der Waals surface area contributed by atoms with E-state index in [0.717, 1.165) is 11.1 Å². The van der Waals surface area contributed by atoms with Crippen molar-refractivity contribution in [2.45, 2.75) is 12.3 Å². The second-order valence-corrected chi connectivity index (χ2v) is 4.36. The molecule has 0 saturated heterocycles. The molecular weight excluding hydrogens is 230 g/mol. The van der Waals surface area contributed by atoms with E-state index in [4.69, 9.17) is 11.6 Å². The zero-order valence-electron chi connectivity index (χ0n) is 9.31. The number of benzene rings is 2. The molecule has 0 aliphatic rings. The maximum atomic E-state index is 9.23. The van der Waals surface area contributed by atoms with Crippen molar-refractivity contribution in [3.05, 3.63) is 70.7 Å². The van der Waals surface area contributed by atoms with Gasteiger partial charge in [0, 0.05) is 5.02 Å². The van der Waals surface area contributed by atoms with Gasteiger partial charge in [0.1, 0.15) is 0 Å². The average Bonchev–Trinajstić information content (AvgIpc) is 2.37. The van der Waals surface area contributed by atoms with E-state index in [-0.39, 0.29) is 5.92 Å². The van der Waals surface area contributed by atoms with Crippen LogP contribution in [0, 0.1) is 11.3 Å². The highest BCUT2D eigenvalue weighted by Crippen LogP contribution is 2.21. The van der Waals surface area contributed by atoms with E-state index in [2.05, 4.69) is 6.07 Å². The first-order valence-electron chi connectivity index (χ1n) is 5.48. The molecule has 0 aliphatic heterocycles. The predicted octanol–water partition coefficient (Wildman–Crippen LogP) is 4.19. The molecule has 0 fully saturated rings. The second-order valence-electron chi connectivity index (χ2n) is 3.93. The summed E-state index contributed by atoms with van der Waals surface area (Å²) in [4.78, 5) is 0. The van der Waals surface area contributed by atoms with Gasteiger partial charge >= 0.3 is 0 Å². The number of nitrogens with zero attached hydrogens (tertiary/aromatic N) is 1. The number of hydrogen-bond donors (Lipinski definition) is 0. The highest BCUT2D eigenvalue weighted by Gasteiger charge is 2.10. The molecule has 2 aromatic carbocycles. The van der Waals surface area contributed by atoms with Gasteiger partial charge in [0.05, 0.1) is 12.0 Å². The maximum Gasteiger partial charge on any atom is 0.0753 e. The predicted molar refractivity (Wildman–Crippen MR) is 70.0 cm³/mol. The number of rotatable bonds is 3. The van der Waals surface area contributed by atoms with E-state index in [1.165, 1.54) is 0 Å². The van der Waals surface area contributed by atoms with Crippen LogP contribution in [0.4, 0.5) is 0 Å². The van der Waals surface area contributed by atoms with Gasteiger partial charge in [0.2, 0.25) is 0 Å². The minimum absolute atomic E-state index is 0.116. The molecule has 2 rings (SSSR count). The van der Waals surface area contributed by atoms with Crippen LogP contribution in [0.3, 0.4) is 0 Å². The minimum Gasteiger partial charge on any atom is -0.198 e. The van der Waals surface area contributed by atoms with Crippen molar-refractivity contribution in [2.24, 2.45) is 0 Å². The maximum absolute atomic E-state index is 9.23. The lowest BCUT2D eigenvalue weighted by atomic mass is 9.93. The lowest BCUT2D eigenvalue weighted by Gasteiger charge is -2.09. The summed E-state index contributed by atoms with van der Waals surface area (Å²) in [6.07, 6.45) is 0.696. The zero-order valence-corrected chi connectivity index (χ0v) is 10.1. The summed E-state index contributed by atoms with van der Waals surface area (Å²) < 4.78 is 0. The van der Waals surface area contributed by atoms with Gasteiger partial charge in [-0.15, -0.1) is 0 Å². The highest BCUT2D eigenvalue weighted by atomic mass is 35.5. The lowest BCUT2D eigenvalue weighted by Crippen LogP contribution is -2.00. The minimum atomic E-state index is -0.116. The van der Waals surface area contributed by atoms with Gasteiger partial charge in [-0.3, -0.25) is 0 Å². The molecule has 84 valence electrons. The van der Waals surface area contributed by atoms with Crippen LogP contribution in [0.25, 0.3) is 0 Å². The summed E-state index contributed by atoms with van der Waals surface area (Å²) in [6.45, 7) is 0. The topological polar surface area (TPSA) is 23.8 Å². The number of nitriles is 1. The normalized spacial score (nSPS) is 11.8. The fraction of sp³-hybridized carbons (Fsp3) is 0.133. The summed E-state index contributed by atoms with van der Waals surface area (Å²) in [5, 5.41) is 9.94. The monoisotopic (exact) mass is 241 g/mol. The fourth-order valence-electron chi connectivity index (χ4n) is 1.82. The van der Waals surface area contributed by atoms with E-state index in [1.54, 1.807) is 0 Å². The molecule has 1 unspecified atom stereocenters. The summed E-state index contributed by atoms with van der Waals surface area (Å²) in [5.41, 5.74) is 2.14. The third-order valence-corrected chi connectivity index (χ3v) is 2.92. The Bertz CT molecular complexity index is 528. The fourth-order valence-corrected chi connectivity index (χ4v) is 2.04. The van der Waals surface area contributed by atoms with E-state index in [0.29, 0.717) is 11.4 Å². The van der Waals surface area contributed by atoms with Crippen LogP contribution in [0.5, 0.6) is 0 Å². The molecule has 2 aromatic rings. The molecule has 0 heterocycles. The van der Waals surface area contributed by atoms with E-state index >= 15 is 0 Å². The smallest absolute Gasteiger partial charge is 0.0753 e. The van der Waals surface area contributed by atoms with Gasteiger partial charge in [-0.25, -0.2) is 0 Å². The third kappa shape index (κ3) is 3.09. The summed E-state index contributed by atoms with van der Waals surface area (Å²) in [7, 11) is 0. The Morgan fingerprint density at radius 3 is 2.47 bits per heavy atom. The number of halogens is 1. The van der Waals surface area contributed by atoms with Crippen LogP contribution >= 0.6 is 11.6 Å². The van der Waals surface area contributed by atoms with Gasteiger partial charge in [0.25, 0.3) is 0 Å². The van der Waals surface area contributed by atoms with Crippen molar-refractivity contribution < 1.29 is 0 Å². The third-order valence-electron chi connectivity index (χ3n) is 2.69. The van der Waals surface area contributed by atoms with Crippen molar-refractivity contribution >= 4 is 11.6 Å². The molecule has 1 atom stereocenters. The Balaban J connectivity index is 2.20. The first kappa shape index (κ1) is 11.7. The quantitative estimate of drug-likeness (QED) is 0.791. The molecule has 2 heteroatoms. The molecule has 17 heavy (non-hydrogen) atoms. The lowest BCUT2D eigenvalue weighted by molar-refractivity contribution is 0.849. The van der Waals surface area contributed by atoms with Crippen molar-refractivity contribution in [3.8, 4) is 6.07 Å². The molecule has 0 aromatic heterocycles. The molecule has 0 saturated carbocycles. The largest absolute Gasteiger partial charge is 0.198 e. The van der Waals surface area contributed by atoms with Crippen LogP contribution < -0.4 is 0 Å². The Hall–Kier alpha value is -1.78. The molecule has 0 aliphatic carbocycles. The molecule has 0 bridgehead atoms. The Morgan fingerprint density at radius 2 is 1.82 bits per heavy atom. The zero-order chi connectivity index (χ0) is 12.1. The summed E-state index contributed by atoms with van der Waals surface area (Å²) >= 11 is 5.93.